The summed E-state index contributed by atoms with van der Waals surface area (Å²) in [5, 5.41) is 2.87. The number of carbonyl (C=O) groups is 1. The zero-order valence-corrected chi connectivity index (χ0v) is 9.89. The van der Waals surface area contributed by atoms with Crippen LogP contribution in [0.4, 0.5) is 0 Å². The molecule has 1 amide bonds. The van der Waals surface area contributed by atoms with Crippen LogP contribution in [0.2, 0.25) is 0 Å². The summed E-state index contributed by atoms with van der Waals surface area (Å²) in [5.41, 5.74) is 5.50. The van der Waals surface area contributed by atoms with Crippen molar-refractivity contribution in [1.29, 1.82) is 0 Å². The first-order valence-corrected chi connectivity index (χ1v) is 5.90. The maximum Gasteiger partial charge on any atom is 0.249 e. The summed E-state index contributed by atoms with van der Waals surface area (Å²) in [5.74, 6) is 0.650. The summed E-state index contributed by atoms with van der Waals surface area (Å²) in [7, 11) is 0. The second-order valence-corrected chi connectivity index (χ2v) is 4.31. The number of hydrogen-bond donors (Lipinski definition) is 2. The highest BCUT2D eigenvalue weighted by Crippen LogP contribution is 2.20. The lowest BCUT2D eigenvalue weighted by molar-refractivity contribution is -0.132. The van der Waals surface area contributed by atoms with Gasteiger partial charge in [0.2, 0.25) is 5.91 Å². The third kappa shape index (κ3) is 2.87. The van der Waals surface area contributed by atoms with Gasteiger partial charge in [0.1, 0.15) is 11.9 Å². The first-order chi connectivity index (χ1) is 8.20. The van der Waals surface area contributed by atoms with E-state index in [-0.39, 0.29) is 24.2 Å². The molecule has 3 N–H and O–H groups in total. The Hall–Kier alpha value is -1.33. The van der Waals surface area contributed by atoms with Gasteiger partial charge in [-0.25, -0.2) is 0 Å². The van der Waals surface area contributed by atoms with Crippen LogP contribution in [-0.2, 0) is 9.53 Å². The van der Waals surface area contributed by atoms with Gasteiger partial charge in [-0.2, -0.15) is 0 Å². The molecular formula is C12H18N2O3. The van der Waals surface area contributed by atoms with Crippen LogP contribution in [-0.4, -0.2) is 24.7 Å². The van der Waals surface area contributed by atoms with Gasteiger partial charge in [0.05, 0.1) is 18.4 Å². The Morgan fingerprint density at radius 3 is 3.06 bits per heavy atom. The monoisotopic (exact) mass is 238 g/mol. The van der Waals surface area contributed by atoms with Crippen LogP contribution in [0.5, 0.6) is 0 Å². The maximum absolute atomic E-state index is 11.9. The topological polar surface area (TPSA) is 77.5 Å². The van der Waals surface area contributed by atoms with E-state index in [1.165, 1.54) is 0 Å². The van der Waals surface area contributed by atoms with Crippen LogP contribution < -0.4 is 11.1 Å². The molecule has 3 unspecified atom stereocenters. The summed E-state index contributed by atoms with van der Waals surface area (Å²) < 4.78 is 10.7. The predicted octanol–water partition coefficient (Wildman–Crippen LogP) is 0.963. The molecule has 1 aliphatic heterocycles. The van der Waals surface area contributed by atoms with Gasteiger partial charge in [-0.1, -0.05) is 0 Å². The average Bonchev–Trinajstić information content (AvgIpc) is 3.00. The molecule has 0 aliphatic carbocycles. The normalized spacial score (nSPS) is 25.8. The van der Waals surface area contributed by atoms with Crippen molar-refractivity contribution in [2.45, 2.75) is 38.0 Å². The van der Waals surface area contributed by atoms with Crippen molar-refractivity contribution in [1.82, 2.24) is 5.32 Å². The second kappa shape index (κ2) is 5.33. The van der Waals surface area contributed by atoms with Crippen molar-refractivity contribution in [3.05, 3.63) is 24.2 Å². The molecule has 0 saturated carbocycles. The predicted molar refractivity (Wildman–Crippen MR) is 62.2 cm³/mol. The first-order valence-electron chi connectivity index (χ1n) is 5.90. The minimum atomic E-state index is -0.374. The van der Waals surface area contributed by atoms with E-state index in [1.807, 2.05) is 13.0 Å². The lowest BCUT2D eigenvalue weighted by Gasteiger charge is -2.16. The smallest absolute Gasteiger partial charge is 0.249 e. The third-order valence-electron chi connectivity index (χ3n) is 2.99. The summed E-state index contributed by atoms with van der Waals surface area (Å²) in [6.45, 7) is 2.35. The summed E-state index contributed by atoms with van der Waals surface area (Å²) in [4.78, 5) is 11.9. The van der Waals surface area contributed by atoms with Crippen LogP contribution in [0.3, 0.4) is 0 Å². The van der Waals surface area contributed by atoms with Crippen LogP contribution in [0.25, 0.3) is 0 Å². The van der Waals surface area contributed by atoms with Gasteiger partial charge in [-0.05, 0) is 31.9 Å². The number of amides is 1. The molecule has 0 spiro atoms. The highest BCUT2D eigenvalue weighted by Gasteiger charge is 2.30. The molecule has 5 heteroatoms. The zero-order chi connectivity index (χ0) is 12.3. The number of hydrogen-bond acceptors (Lipinski definition) is 4. The number of rotatable bonds is 4. The fraction of sp³-hybridized carbons (Fsp3) is 0.583. The molecule has 2 rings (SSSR count). The lowest BCUT2D eigenvalue weighted by Crippen LogP contribution is -2.36. The second-order valence-electron chi connectivity index (χ2n) is 4.31. The quantitative estimate of drug-likeness (QED) is 0.819. The minimum Gasteiger partial charge on any atom is -0.467 e. The Balaban J connectivity index is 1.85. The van der Waals surface area contributed by atoms with Crippen LogP contribution in [0, 0.1) is 0 Å². The molecule has 1 aromatic heterocycles. The number of carbonyl (C=O) groups excluding carboxylic acids is 1. The van der Waals surface area contributed by atoms with Gasteiger partial charge in [-0.15, -0.1) is 0 Å². The minimum absolute atomic E-state index is 0.0182. The van der Waals surface area contributed by atoms with E-state index in [1.54, 1.807) is 12.3 Å². The average molecular weight is 238 g/mol. The fourth-order valence-electron chi connectivity index (χ4n) is 1.99. The molecule has 1 aliphatic rings. The Morgan fingerprint density at radius 1 is 1.65 bits per heavy atom. The van der Waals surface area contributed by atoms with E-state index in [0.717, 1.165) is 18.6 Å². The molecule has 1 fully saturated rings. The molecule has 3 atom stereocenters. The molecule has 1 aromatic rings. The molecule has 0 aromatic carbocycles. The molecule has 5 nitrogen and oxygen atoms in total. The summed E-state index contributed by atoms with van der Waals surface area (Å²) in [6, 6.07) is 3.50. The van der Waals surface area contributed by atoms with E-state index in [0.29, 0.717) is 6.54 Å². The zero-order valence-electron chi connectivity index (χ0n) is 9.89. The van der Waals surface area contributed by atoms with Crippen LogP contribution in [0.1, 0.15) is 31.6 Å². The first kappa shape index (κ1) is 12.1. The van der Waals surface area contributed by atoms with Gasteiger partial charge in [0.25, 0.3) is 0 Å². The van der Waals surface area contributed by atoms with Crippen molar-refractivity contribution >= 4 is 5.91 Å². The number of nitrogens with one attached hydrogen (secondary N) is 1. The molecule has 1 saturated heterocycles. The molecule has 2 heterocycles. The van der Waals surface area contributed by atoms with Crippen molar-refractivity contribution < 1.29 is 13.9 Å². The molecule has 94 valence electrons. The van der Waals surface area contributed by atoms with E-state index >= 15 is 0 Å². The molecule has 0 bridgehead atoms. The van der Waals surface area contributed by atoms with Gasteiger partial charge in [0.15, 0.2) is 0 Å². The summed E-state index contributed by atoms with van der Waals surface area (Å²) in [6.07, 6.45) is 2.82. The van der Waals surface area contributed by atoms with Crippen LogP contribution in [0.15, 0.2) is 22.8 Å². The number of nitrogens with two attached hydrogens (primary N) is 1. The SMILES string of the molecule is CC(NC(=O)C1CCC(CN)O1)c1ccco1. The number of ether oxygens (including phenoxy) is 1. The molecule has 0 radical (unpaired) electrons. The molecular weight excluding hydrogens is 220 g/mol. The van der Waals surface area contributed by atoms with Crippen molar-refractivity contribution in [2.75, 3.05) is 6.54 Å². The van der Waals surface area contributed by atoms with Crippen molar-refractivity contribution in [3.63, 3.8) is 0 Å². The Kier molecular flexibility index (Phi) is 3.81. The Labute approximate surface area is 100 Å². The van der Waals surface area contributed by atoms with Gasteiger partial charge in [-0.3, -0.25) is 4.79 Å². The van der Waals surface area contributed by atoms with E-state index in [9.17, 15) is 4.79 Å². The van der Waals surface area contributed by atoms with Crippen LogP contribution >= 0.6 is 0 Å². The highest BCUT2D eigenvalue weighted by atomic mass is 16.5. The van der Waals surface area contributed by atoms with Gasteiger partial charge < -0.3 is 20.2 Å². The van der Waals surface area contributed by atoms with E-state index < -0.39 is 0 Å². The van der Waals surface area contributed by atoms with Gasteiger partial charge >= 0.3 is 0 Å². The highest BCUT2D eigenvalue weighted by molar-refractivity contribution is 5.81. The van der Waals surface area contributed by atoms with Crippen molar-refractivity contribution in [2.24, 2.45) is 5.73 Å². The summed E-state index contributed by atoms with van der Waals surface area (Å²) >= 11 is 0. The van der Waals surface area contributed by atoms with Crippen molar-refractivity contribution in [3.8, 4) is 0 Å². The van der Waals surface area contributed by atoms with Gasteiger partial charge in [0, 0.05) is 6.54 Å². The fourth-order valence-corrected chi connectivity index (χ4v) is 1.99. The third-order valence-corrected chi connectivity index (χ3v) is 2.99. The molecule has 17 heavy (non-hydrogen) atoms. The Morgan fingerprint density at radius 2 is 2.47 bits per heavy atom. The maximum atomic E-state index is 11.9. The van der Waals surface area contributed by atoms with E-state index in [4.69, 9.17) is 14.9 Å². The standard InChI is InChI=1S/C12H18N2O3/c1-8(10-3-2-6-16-10)14-12(15)11-5-4-9(7-13)17-11/h2-3,6,8-9,11H,4-5,7,13H2,1H3,(H,14,15). The Bertz CT molecular complexity index is 364. The van der Waals surface area contributed by atoms with E-state index in [2.05, 4.69) is 5.32 Å². The lowest BCUT2D eigenvalue weighted by atomic mass is 10.1. The number of furan rings is 1. The largest absolute Gasteiger partial charge is 0.467 e.